The third-order valence-electron chi connectivity index (χ3n) is 2.15. The van der Waals surface area contributed by atoms with Crippen molar-refractivity contribution in [3.8, 4) is 5.75 Å². The summed E-state index contributed by atoms with van der Waals surface area (Å²) < 4.78 is 0. The van der Waals surface area contributed by atoms with Crippen LogP contribution in [-0.2, 0) is 0 Å². The zero-order valence-corrected chi connectivity index (χ0v) is 6.62. The highest BCUT2D eigenvalue weighted by Crippen LogP contribution is 2.35. The topological polar surface area (TPSA) is 52.5 Å². The first kappa shape index (κ1) is 7.43. The highest BCUT2D eigenvalue weighted by molar-refractivity contribution is 5.63. The Morgan fingerprint density at radius 3 is 3.00 bits per heavy atom. The second-order valence-electron chi connectivity index (χ2n) is 2.97. The molecule has 3 heteroatoms. The van der Waals surface area contributed by atoms with Gasteiger partial charge in [0.15, 0.2) is 0 Å². The molecule has 0 fully saturated rings. The summed E-state index contributed by atoms with van der Waals surface area (Å²) in [6.07, 6.45) is 0.268. The molecule has 0 radical (unpaired) electrons. The number of aliphatic hydroxyl groups excluding tert-OH is 1. The number of hydrogen-bond acceptors (Lipinski definition) is 3. The van der Waals surface area contributed by atoms with Crippen LogP contribution in [0.3, 0.4) is 0 Å². The Morgan fingerprint density at radius 1 is 1.42 bits per heavy atom. The third kappa shape index (κ3) is 1.02. The van der Waals surface area contributed by atoms with Crippen LogP contribution in [0.2, 0.25) is 0 Å². The molecule has 3 N–H and O–H groups in total. The predicted octanol–water partition coefficient (Wildman–Crippen LogP) is 1.24. The maximum absolute atomic E-state index is 9.53. The number of hydrogen-bond donors (Lipinski definition) is 3. The molecule has 2 rings (SSSR count). The molecule has 3 nitrogen and oxygen atoms in total. The van der Waals surface area contributed by atoms with Crippen LogP contribution in [0.4, 0.5) is 5.69 Å². The summed E-state index contributed by atoms with van der Waals surface area (Å²) in [7, 11) is 0. The molecule has 0 saturated heterocycles. The lowest BCUT2D eigenvalue weighted by Gasteiger charge is -2.23. The molecule has 0 amide bonds. The molecular formula is C9H11NO2. The molecule has 1 aromatic carbocycles. The molecular weight excluding hydrogens is 154 g/mol. The first-order valence-electron chi connectivity index (χ1n) is 4.03. The maximum Gasteiger partial charge on any atom is 0.139 e. The molecule has 0 aliphatic carbocycles. The van der Waals surface area contributed by atoms with Crippen molar-refractivity contribution in [1.82, 2.24) is 0 Å². The monoisotopic (exact) mass is 165 g/mol. The third-order valence-corrected chi connectivity index (χ3v) is 2.15. The average Bonchev–Trinajstić information content (AvgIpc) is 2.07. The van der Waals surface area contributed by atoms with Gasteiger partial charge in [0.2, 0.25) is 0 Å². The van der Waals surface area contributed by atoms with E-state index in [0.29, 0.717) is 18.7 Å². The van der Waals surface area contributed by atoms with Crippen LogP contribution in [0.1, 0.15) is 18.1 Å². The Balaban J connectivity index is 2.52. The minimum atomic E-state index is -0.437. The molecule has 0 bridgehead atoms. The van der Waals surface area contributed by atoms with E-state index in [2.05, 4.69) is 5.32 Å². The van der Waals surface area contributed by atoms with Crippen molar-refractivity contribution in [3.63, 3.8) is 0 Å². The van der Waals surface area contributed by atoms with Crippen molar-refractivity contribution in [2.75, 3.05) is 11.9 Å². The number of para-hydroxylation sites is 1. The Labute approximate surface area is 70.7 Å². The molecule has 1 aliphatic heterocycles. The van der Waals surface area contributed by atoms with Crippen LogP contribution >= 0.6 is 0 Å². The number of aliphatic hydroxyl groups is 1. The lowest BCUT2D eigenvalue weighted by Crippen LogP contribution is -2.16. The van der Waals surface area contributed by atoms with E-state index in [1.807, 2.05) is 6.07 Å². The quantitative estimate of drug-likeness (QED) is 0.507. The van der Waals surface area contributed by atoms with E-state index in [-0.39, 0.29) is 5.75 Å². The second-order valence-corrected chi connectivity index (χ2v) is 2.97. The Hall–Kier alpha value is -1.22. The Morgan fingerprint density at radius 2 is 2.25 bits per heavy atom. The van der Waals surface area contributed by atoms with Gasteiger partial charge in [0.1, 0.15) is 5.75 Å². The number of anilines is 1. The van der Waals surface area contributed by atoms with E-state index in [4.69, 9.17) is 0 Å². The number of aromatic hydroxyl groups is 1. The first-order chi connectivity index (χ1) is 5.79. The minimum Gasteiger partial charge on any atom is -0.506 e. The van der Waals surface area contributed by atoms with E-state index in [1.54, 1.807) is 12.1 Å². The number of benzene rings is 1. The van der Waals surface area contributed by atoms with Gasteiger partial charge in [-0.25, -0.2) is 0 Å². The number of rotatable bonds is 0. The van der Waals surface area contributed by atoms with Gasteiger partial charge in [-0.2, -0.15) is 0 Å². The molecule has 1 aromatic rings. The fraction of sp³-hybridized carbons (Fsp3) is 0.333. The highest BCUT2D eigenvalue weighted by Gasteiger charge is 2.19. The van der Waals surface area contributed by atoms with Gasteiger partial charge in [0, 0.05) is 12.1 Å². The van der Waals surface area contributed by atoms with Gasteiger partial charge < -0.3 is 15.5 Å². The summed E-state index contributed by atoms with van der Waals surface area (Å²) in [5, 5.41) is 22.0. The molecule has 12 heavy (non-hydrogen) atoms. The first-order valence-corrected chi connectivity index (χ1v) is 4.03. The fourth-order valence-electron chi connectivity index (χ4n) is 1.52. The van der Waals surface area contributed by atoms with Crippen LogP contribution in [0.5, 0.6) is 5.75 Å². The summed E-state index contributed by atoms with van der Waals surface area (Å²) in [5.74, 6) is 0.214. The Kier molecular flexibility index (Phi) is 1.66. The number of fused-ring (bicyclic) bond motifs is 1. The van der Waals surface area contributed by atoms with Gasteiger partial charge in [-0.3, -0.25) is 0 Å². The van der Waals surface area contributed by atoms with E-state index in [0.717, 1.165) is 5.56 Å². The van der Waals surface area contributed by atoms with Crippen LogP contribution in [-0.4, -0.2) is 16.8 Å². The fourth-order valence-corrected chi connectivity index (χ4v) is 1.52. The SMILES string of the molecule is Oc1cccc2c1NCCC2O. The van der Waals surface area contributed by atoms with Crippen LogP contribution in [0.25, 0.3) is 0 Å². The zero-order valence-electron chi connectivity index (χ0n) is 6.62. The summed E-state index contributed by atoms with van der Waals surface area (Å²) in [6.45, 7) is 0.714. The van der Waals surface area contributed by atoms with Crippen LogP contribution < -0.4 is 5.32 Å². The van der Waals surface area contributed by atoms with Crippen molar-refractivity contribution < 1.29 is 10.2 Å². The summed E-state index contributed by atoms with van der Waals surface area (Å²) in [5.41, 5.74) is 1.47. The van der Waals surface area contributed by atoms with Crippen molar-refractivity contribution in [3.05, 3.63) is 23.8 Å². The van der Waals surface area contributed by atoms with Gasteiger partial charge in [-0.15, -0.1) is 0 Å². The zero-order chi connectivity index (χ0) is 8.55. The number of phenols is 1. The molecule has 1 unspecified atom stereocenters. The summed E-state index contributed by atoms with van der Waals surface area (Å²) in [6, 6.07) is 5.18. The van der Waals surface area contributed by atoms with Gasteiger partial charge >= 0.3 is 0 Å². The smallest absolute Gasteiger partial charge is 0.139 e. The van der Waals surface area contributed by atoms with Gasteiger partial charge in [-0.05, 0) is 12.5 Å². The van der Waals surface area contributed by atoms with Crippen molar-refractivity contribution in [2.24, 2.45) is 0 Å². The van der Waals surface area contributed by atoms with Crippen LogP contribution in [0.15, 0.2) is 18.2 Å². The summed E-state index contributed by atoms with van der Waals surface area (Å²) in [4.78, 5) is 0. The van der Waals surface area contributed by atoms with Gasteiger partial charge in [0.05, 0.1) is 11.8 Å². The molecule has 0 aromatic heterocycles. The normalized spacial score (nSPS) is 21.2. The lowest BCUT2D eigenvalue weighted by atomic mass is 10.0. The average molecular weight is 165 g/mol. The van der Waals surface area contributed by atoms with E-state index in [9.17, 15) is 10.2 Å². The van der Waals surface area contributed by atoms with Crippen molar-refractivity contribution >= 4 is 5.69 Å². The lowest BCUT2D eigenvalue weighted by molar-refractivity contribution is 0.168. The molecule has 0 saturated carbocycles. The highest BCUT2D eigenvalue weighted by atomic mass is 16.3. The van der Waals surface area contributed by atoms with Crippen molar-refractivity contribution in [1.29, 1.82) is 0 Å². The van der Waals surface area contributed by atoms with E-state index in [1.165, 1.54) is 0 Å². The molecule has 0 spiro atoms. The Bertz CT molecular complexity index is 299. The molecule has 1 atom stereocenters. The standard InChI is InChI=1S/C9H11NO2/c11-7-4-5-10-9-6(7)2-1-3-8(9)12/h1-3,7,10-12H,4-5H2. The molecule has 64 valence electrons. The second kappa shape index (κ2) is 2.68. The van der Waals surface area contributed by atoms with Crippen LogP contribution in [0, 0.1) is 0 Å². The van der Waals surface area contributed by atoms with Gasteiger partial charge in [-0.1, -0.05) is 12.1 Å². The van der Waals surface area contributed by atoms with E-state index >= 15 is 0 Å². The molecule has 1 aliphatic rings. The number of nitrogens with one attached hydrogen (secondary N) is 1. The molecule has 1 heterocycles. The van der Waals surface area contributed by atoms with E-state index < -0.39 is 6.10 Å². The largest absolute Gasteiger partial charge is 0.506 e. The van der Waals surface area contributed by atoms with Gasteiger partial charge in [0.25, 0.3) is 0 Å². The van der Waals surface area contributed by atoms with Crippen molar-refractivity contribution in [2.45, 2.75) is 12.5 Å². The summed E-state index contributed by atoms with van der Waals surface area (Å²) >= 11 is 0. The predicted molar refractivity (Wildman–Crippen MR) is 46.2 cm³/mol. The number of phenolic OH excluding ortho intramolecular Hbond substituents is 1. The maximum atomic E-state index is 9.53. The minimum absolute atomic E-state index is 0.214.